The molecular formula is C26H31BrCl4N2O6. The van der Waals surface area contributed by atoms with Crippen LogP contribution in [0.25, 0.3) is 0 Å². The van der Waals surface area contributed by atoms with Crippen molar-refractivity contribution in [3.05, 3.63) is 67.6 Å². The fourth-order valence-electron chi connectivity index (χ4n) is 2.91. The molecule has 216 valence electrons. The van der Waals surface area contributed by atoms with Crippen LogP contribution in [0.3, 0.4) is 0 Å². The molecule has 2 aromatic rings. The van der Waals surface area contributed by atoms with Gasteiger partial charge < -0.3 is 19.5 Å². The van der Waals surface area contributed by atoms with Crippen molar-refractivity contribution in [2.45, 2.75) is 50.2 Å². The fourth-order valence-corrected chi connectivity index (χ4v) is 4.00. The summed E-state index contributed by atoms with van der Waals surface area (Å²) in [5.74, 6) is -0.841. The summed E-state index contributed by atoms with van der Waals surface area (Å²) < 4.78 is 14.6. The molecule has 0 fully saturated rings. The minimum Gasteiger partial charge on any atom is -0.468 e. The second-order valence-corrected chi connectivity index (χ2v) is 11.7. The quantitative estimate of drug-likeness (QED) is 0.170. The van der Waals surface area contributed by atoms with Crippen LogP contribution >= 0.6 is 62.3 Å². The van der Waals surface area contributed by atoms with Gasteiger partial charge in [-0.3, -0.25) is 10.1 Å². The van der Waals surface area contributed by atoms with Crippen molar-refractivity contribution in [2.75, 3.05) is 20.8 Å². The Morgan fingerprint density at radius 3 is 1.79 bits per heavy atom. The minimum atomic E-state index is -0.734. The van der Waals surface area contributed by atoms with Crippen LogP contribution in [-0.2, 0) is 23.8 Å². The third-order valence-corrected chi connectivity index (χ3v) is 7.13. The molecule has 0 aromatic heterocycles. The minimum absolute atomic E-state index is 0.273. The molecule has 0 radical (unpaired) electrons. The lowest BCUT2D eigenvalue weighted by Gasteiger charge is -2.23. The van der Waals surface area contributed by atoms with Crippen LogP contribution in [0.2, 0.25) is 20.1 Å². The summed E-state index contributed by atoms with van der Waals surface area (Å²) in [7, 11) is 2.63. The molecule has 0 aliphatic heterocycles. The Morgan fingerprint density at radius 2 is 1.33 bits per heavy atom. The topological polar surface area (TPSA) is 103 Å². The van der Waals surface area contributed by atoms with E-state index in [1.54, 1.807) is 64.1 Å². The summed E-state index contributed by atoms with van der Waals surface area (Å²) in [5, 5.41) is 7.36. The summed E-state index contributed by atoms with van der Waals surface area (Å²) in [4.78, 5) is 34.5. The van der Waals surface area contributed by atoms with E-state index in [4.69, 9.17) is 55.9 Å². The molecule has 0 bridgehead atoms. The van der Waals surface area contributed by atoms with Crippen LogP contribution in [0.15, 0.2) is 36.4 Å². The largest absolute Gasteiger partial charge is 0.468 e. The first-order chi connectivity index (χ1) is 18.1. The maximum Gasteiger partial charge on any atom is 0.407 e. The lowest BCUT2D eigenvalue weighted by Crippen LogP contribution is -2.44. The molecule has 0 heterocycles. The van der Waals surface area contributed by atoms with E-state index in [1.807, 2.05) is 0 Å². The standard InChI is InChI=1S/C17H24Cl2N2O4.C9H7BrCl2O2/c1-10(21-16(23)25-17(2,3)4)9-20-14(15(22)24-5)11-6-7-12(18)13(19)8-11;1-14-9(13)8(10)5-2-3-6(11)7(12)4-5/h6-8,10,14,20H,9H2,1-5H3,(H,21,23);2-4,8H,1H3. The molecule has 2 aromatic carbocycles. The van der Waals surface area contributed by atoms with Gasteiger partial charge in [0.05, 0.1) is 34.3 Å². The number of hydrogen-bond donors (Lipinski definition) is 2. The summed E-state index contributed by atoms with van der Waals surface area (Å²) in [6.07, 6.45) is -0.522. The van der Waals surface area contributed by atoms with E-state index in [-0.39, 0.29) is 12.0 Å². The number of methoxy groups -OCH3 is 2. The molecule has 1 amide bonds. The molecule has 2 N–H and O–H groups in total. The molecular weight excluding hydrogens is 658 g/mol. The fraction of sp³-hybridized carbons (Fsp3) is 0.423. The predicted molar refractivity (Wildman–Crippen MR) is 158 cm³/mol. The van der Waals surface area contributed by atoms with Gasteiger partial charge in [-0.1, -0.05) is 74.5 Å². The molecule has 3 unspecified atom stereocenters. The molecule has 13 heteroatoms. The van der Waals surface area contributed by atoms with Crippen LogP contribution in [-0.4, -0.2) is 50.4 Å². The maximum atomic E-state index is 12.1. The van der Waals surface area contributed by atoms with Crippen molar-refractivity contribution in [2.24, 2.45) is 0 Å². The number of alkyl halides is 1. The van der Waals surface area contributed by atoms with Gasteiger partial charge in [0.2, 0.25) is 0 Å². The van der Waals surface area contributed by atoms with Crippen LogP contribution < -0.4 is 10.6 Å². The van der Waals surface area contributed by atoms with Gasteiger partial charge in [-0.05, 0) is 63.1 Å². The Balaban J connectivity index is 0.000000457. The SMILES string of the molecule is COC(=O)C(Br)c1ccc(Cl)c(Cl)c1.COC(=O)C(NCC(C)NC(=O)OC(C)(C)C)c1ccc(Cl)c(Cl)c1. The number of esters is 2. The molecule has 8 nitrogen and oxygen atoms in total. The highest BCUT2D eigenvalue weighted by molar-refractivity contribution is 9.09. The van der Waals surface area contributed by atoms with Crippen molar-refractivity contribution in [1.29, 1.82) is 0 Å². The van der Waals surface area contributed by atoms with Crippen molar-refractivity contribution in [3.8, 4) is 0 Å². The second-order valence-electron chi connectivity index (χ2n) is 9.14. The molecule has 0 saturated heterocycles. The Morgan fingerprint density at radius 1 is 0.846 bits per heavy atom. The highest BCUT2D eigenvalue weighted by Gasteiger charge is 2.24. The summed E-state index contributed by atoms with van der Waals surface area (Å²) >= 11 is 26.7. The summed E-state index contributed by atoms with van der Waals surface area (Å²) in [6.45, 7) is 7.46. The number of amides is 1. The van der Waals surface area contributed by atoms with E-state index in [0.29, 0.717) is 37.8 Å². The van der Waals surface area contributed by atoms with Crippen LogP contribution in [0.1, 0.15) is 49.7 Å². The zero-order chi connectivity index (χ0) is 29.9. The van der Waals surface area contributed by atoms with Crippen molar-refractivity contribution < 1.29 is 28.6 Å². The number of carbonyl (C=O) groups excluding carboxylic acids is 3. The van der Waals surface area contributed by atoms with Gasteiger partial charge >= 0.3 is 18.0 Å². The van der Waals surface area contributed by atoms with Crippen molar-refractivity contribution in [3.63, 3.8) is 0 Å². The highest BCUT2D eigenvalue weighted by atomic mass is 79.9. The molecule has 2 rings (SSSR count). The average Bonchev–Trinajstić information content (AvgIpc) is 2.85. The number of alkyl carbamates (subject to hydrolysis) is 1. The summed E-state index contributed by atoms with van der Waals surface area (Å²) in [5.41, 5.74) is 0.753. The molecule has 0 spiro atoms. The van der Waals surface area contributed by atoms with E-state index in [1.165, 1.54) is 14.2 Å². The number of hydrogen-bond acceptors (Lipinski definition) is 7. The Labute approximate surface area is 257 Å². The summed E-state index contributed by atoms with van der Waals surface area (Å²) in [6, 6.07) is 8.87. The highest BCUT2D eigenvalue weighted by Crippen LogP contribution is 2.30. The van der Waals surface area contributed by atoms with Gasteiger partial charge in [0.25, 0.3) is 0 Å². The first kappa shape index (κ1) is 35.3. The lowest BCUT2D eigenvalue weighted by atomic mass is 10.1. The van der Waals surface area contributed by atoms with Gasteiger partial charge in [0.1, 0.15) is 16.5 Å². The van der Waals surface area contributed by atoms with E-state index in [2.05, 4.69) is 31.3 Å². The van der Waals surface area contributed by atoms with Crippen LogP contribution in [0, 0.1) is 0 Å². The monoisotopic (exact) mass is 686 g/mol. The molecule has 0 saturated carbocycles. The lowest BCUT2D eigenvalue weighted by molar-refractivity contribution is -0.143. The first-order valence-corrected chi connectivity index (χ1v) is 13.9. The Bertz CT molecular complexity index is 1150. The number of benzene rings is 2. The normalized spacial score (nSPS) is 13.2. The van der Waals surface area contributed by atoms with Gasteiger partial charge in [0, 0.05) is 12.6 Å². The third-order valence-electron chi connectivity index (χ3n) is 4.75. The number of carbonyl (C=O) groups is 3. The predicted octanol–water partition coefficient (Wildman–Crippen LogP) is 7.31. The van der Waals surface area contributed by atoms with E-state index < -0.39 is 28.5 Å². The van der Waals surface area contributed by atoms with Gasteiger partial charge in [-0.15, -0.1) is 0 Å². The zero-order valence-electron chi connectivity index (χ0n) is 22.2. The number of halogens is 5. The molecule has 0 aliphatic rings. The zero-order valence-corrected chi connectivity index (χ0v) is 26.9. The Kier molecular flexibility index (Phi) is 14.9. The smallest absolute Gasteiger partial charge is 0.407 e. The van der Waals surface area contributed by atoms with E-state index >= 15 is 0 Å². The van der Waals surface area contributed by atoms with Gasteiger partial charge in [-0.2, -0.15) is 0 Å². The first-order valence-electron chi connectivity index (χ1n) is 11.5. The average molecular weight is 689 g/mol. The third kappa shape index (κ3) is 12.5. The Hall–Kier alpha value is -1.75. The van der Waals surface area contributed by atoms with E-state index in [0.717, 1.165) is 0 Å². The number of nitrogens with one attached hydrogen (secondary N) is 2. The number of ether oxygens (including phenoxy) is 3. The van der Waals surface area contributed by atoms with Gasteiger partial charge in [-0.25, -0.2) is 9.59 Å². The van der Waals surface area contributed by atoms with Crippen LogP contribution in [0.5, 0.6) is 0 Å². The molecule has 0 aliphatic carbocycles. The maximum absolute atomic E-state index is 12.1. The van der Waals surface area contributed by atoms with Crippen molar-refractivity contribution >= 4 is 80.4 Å². The molecule has 3 atom stereocenters. The van der Waals surface area contributed by atoms with Gasteiger partial charge in [0.15, 0.2) is 0 Å². The van der Waals surface area contributed by atoms with Crippen molar-refractivity contribution in [1.82, 2.24) is 10.6 Å². The van der Waals surface area contributed by atoms with E-state index in [9.17, 15) is 14.4 Å². The second kappa shape index (κ2) is 16.5. The number of rotatable bonds is 8. The molecule has 39 heavy (non-hydrogen) atoms. The van der Waals surface area contributed by atoms with Crippen LogP contribution in [0.4, 0.5) is 4.79 Å².